The first-order chi connectivity index (χ1) is 9.75. The first-order valence-electron chi connectivity index (χ1n) is 7.39. The molecule has 0 saturated heterocycles. The zero-order valence-corrected chi connectivity index (χ0v) is 15.4. The van der Waals surface area contributed by atoms with E-state index in [1.165, 1.54) is 15.6 Å². The summed E-state index contributed by atoms with van der Waals surface area (Å²) in [6.07, 6.45) is 0.855. The highest BCUT2D eigenvalue weighted by Gasteiger charge is 2.23. The quantitative estimate of drug-likeness (QED) is 0.891. The molecular weight excluding hydrogens is 298 g/mol. The Labute approximate surface area is 135 Å². The highest BCUT2D eigenvalue weighted by Crippen LogP contribution is 2.31. The van der Waals surface area contributed by atoms with Crippen molar-refractivity contribution in [1.82, 2.24) is 15.3 Å². The van der Waals surface area contributed by atoms with Crippen molar-refractivity contribution in [3.8, 4) is 0 Å². The summed E-state index contributed by atoms with van der Waals surface area (Å²) < 4.78 is 0. The highest BCUT2D eigenvalue weighted by molar-refractivity contribution is 7.12. The summed E-state index contributed by atoms with van der Waals surface area (Å²) in [5, 5.41) is 7.95. The average Bonchev–Trinajstić information content (AvgIpc) is 2.93. The maximum Gasteiger partial charge on any atom is 0.1000 e. The standard InChI is InChI=1S/C16H25N3S2/c1-10(2)17-8-12-15(16(4,5)6)19-14(21-12)7-13-18-11(3)9-20-13/h9-10,17H,7-8H2,1-6H3. The molecule has 2 aromatic rings. The summed E-state index contributed by atoms with van der Waals surface area (Å²) in [6, 6.07) is 0.491. The van der Waals surface area contributed by atoms with Crippen LogP contribution in [0.3, 0.4) is 0 Å². The molecule has 3 nitrogen and oxygen atoms in total. The van der Waals surface area contributed by atoms with E-state index in [0.717, 1.165) is 23.7 Å². The molecule has 0 unspecified atom stereocenters. The Morgan fingerprint density at radius 1 is 1.19 bits per heavy atom. The minimum Gasteiger partial charge on any atom is -0.310 e. The molecular formula is C16H25N3S2. The van der Waals surface area contributed by atoms with Gasteiger partial charge in [-0.1, -0.05) is 34.6 Å². The fraction of sp³-hybridized carbons (Fsp3) is 0.625. The van der Waals surface area contributed by atoms with E-state index in [0.29, 0.717) is 6.04 Å². The van der Waals surface area contributed by atoms with Gasteiger partial charge in [0.2, 0.25) is 0 Å². The second kappa shape index (κ2) is 6.55. The van der Waals surface area contributed by atoms with Crippen molar-refractivity contribution < 1.29 is 0 Å². The minimum absolute atomic E-state index is 0.0849. The molecule has 2 rings (SSSR count). The van der Waals surface area contributed by atoms with Crippen LogP contribution in [0.5, 0.6) is 0 Å². The fourth-order valence-electron chi connectivity index (χ4n) is 2.09. The lowest BCUT2D eigenvalue weighted by atomic mass is 9.91. The van der Waals surface area contributed by atoms with Gasteiger partial charge in [-0.25, -0.2) is 9.97 Å². The number of hydrogen-bond donors (Lipinski definition) is 1. The third-order valence-corrected chi connectivity index (χ3v) is 5.11. The predicted octanol–water partition coefficient (Wildman–Crippen LogP) is 4.29. The summed E-state index contributed by atoms with van der Waals surface area (Å²) in [6.45, 7) is 14.0. The summed E-state index contributed by atoms with van der Waals surface area (Å²) in [4.78, 5) is 10.8. The fourth-order valence-corrected chi connectivity index (χ4v) is 4.19. The molecule has 1 N–H and O–H groups in total. The Kier molecular flexibility index (Phi) is 5.17. The Balaban J connectivity index is 2.22. The number of thiazole rings is 2. The Hall–Kier alpha value is -0.780. The van der Waals surface area contributed by atoms with Crippen LogP contribution in [0.2, 0.25) is 0 Å². The van der Waals surface area contributed by atoms with Gasteiger partial charge in [0.1, 0.15) is 0 Å². The highest BCUT2D eigenvalue weighted by atomic mass is 32.1. The van der Waals surface area contributed by atoms with Crippen molar-refractivity contribution in [1.29, 1.82) is 0 Å². The molecule has 0 atom stereocenters. The number of aryl methyl sites for hydroxylation is 1. The van der Waals surface area contributed by atoms with E-state index in [1.807, 2.05) is 18.3 Å². The first kappa shape index (κ1) is 16.6. The van der Waals surface area contributed by atoms with Gasteiger partial charge in [0.15, 0.2) is 0 Å². The van der Waals surface area contributed by atoms with E-state index in [1.54, 1.807) is 11.3 Å². The molecule has 0 spiro atoms. The molecule has 5 heteroatoms. The Morgan fingerprint density at radius 2 is 1.90 bits per heavy atom. The smallest absolute Gasteiger partial charge is 0.1000 e. The zero-order valence-electron chi connectivity index (χ0n) is 13.8. The lowest BCUT2D eigenvalue weighted by molar-refractivity contribution is 0.545. The third-order valence-electron chi connectivity index (χ3n) is 3.09. The molecule has 2 heterocycles. The van der Waals surface area contributed by atoms with Crippen LogP contribution in [0.15, 0.2) is 5.38 Å². The van der Waals surface area contributed by atoms with Crippen LogP contribution in [0.1, 0.15) is 60.9 Å². The molecule has 0 aliphatic carbocycles. The molecule has 0 saturated carbocycles. The molecule has 21 heavy (non-hydrogen) atoms. The van der Waals surface area contributed by atoms with Crippen molar-refractivity contribution in [3.05, 3.63) is 31.7 Å². The van der Waals surface area contributed by atoms with Crippen LogP contribution in [-0.4, -0.2) is 16.0 Å². The number of nitrogens with zero attached hydrogens (tertiary/aromatic N) is 2. The normalized spacial score (nSPS) is 12.3. The first-order valence-corrected chi connectivity index (χ1v) is 9.08. The predicted molar refractivity (Wildman–Crippen MR) is 92.4 cm³/mol. The van der Waals surface area contributed by atoms with Crippen molar-refractivity contribution in [2.45, 2.75) is 66.0 Å². The van der Waals surface area contributed by atoms with Gasteiger partial charge in [-0.15, -0.1) is 22.7 Å². The maximum absolute atomic E-state index is 4.91. The van der Waals surface area contributed by atoms with Gasteiger partial charge < -0.3 is 5.32 Å². The molecule has 0 fully saturated rings. The largest absolute Gasteiger partial charge is 0.310 e. The number of rotatable bonds is 5. The van der Waals surface area contributed by atoms with Crippen molar-refractivity contribution in [2.75, 3.05) is 0 Å². The molecule has 116 valence electrons. The molecule has 0 aromatic carbocycles. The van der Waals surface area contributed by atoms with E-state index in [2.05, 4.69) is 50.3 Å². The number of aromatic nitrogens is 2. The SMILES string of the molecule is Cc1csc(Cc2nc(C(C)(C)C)c(CNC(C)C)s2)n1. The lowest BCUT2D eigenvalue weighted by Crippen LogP contribution is -2.23. The summed E-state index contributed by atoms with van der Waals surface area (Å²) >= 11 is 3.55. The molecule has 0 amide bonds. The van der Waals surface area contributed by atoms with Gasteiger partial charge in [0.25, 0.3) is 0 Å². The summed E-state index contributed by atoms with van der Waals surface area (Å²) in [5.41, 5.74) is 2.41. The lowest BCUT2D eigenvalue weighted by Gasteiger charge is -2.18. The van der Waals surface area contributed by atoms with Crippen LogP contribution in [0.4, 0.5) is 0 Å². The summed E-state index contributed by atoms with van der Waals surface area (Å²) in [5.74, 6) is 0. The topological polar surface area (TPSA) is 37.8 Å². The average molecular weight is 324 g/mol. The van der Waals surface area contributed by atoms with Crippen LogP contribution in [-0.2, 0) is 18.4 Å². The van der Waals surface area contributed by atoms with Crippen LogP contribution >= 0.6 is 22.7 Å². The van der Waals surface area contributed by atoms with Crippen molar-refractivity contribution in [2.24, 2.45) is 0 Å². The maximum atomic E-state index is 4.91. The zero-order chi connectivity index (χ0) is 15.6. The summed E-state index contributed by atoms with van der Waals surface area (Å²) in [7, 11) is 0. The minimum atomic E-state index is 0.0849. The molecule has 0 bridgehead atoms. The molecule has 0 aliphatic heterocycles. The van der Waals surface area contributed by atoms with Gasteiger partial charge >= 0.3 is 0 Å². The van der Waals surface area contributed by atoms with Crippen molar-refractivity contribution >= 4 is 22.7 Å². The Morgan fingerprint density at radius 3 is 2.43 bits per heavy atom. The van der Waals surface area contributed by atoms with E-state index in [9.17, 15) is 0 Å². The van der Waals surface area contributed by atoms with Gasteiger partial charge in [-0.05, 0) is 6.92 Å². The molecule has 0 radical (unpaired) electrons. The van der Waals surface area contributed by atoms with E-state index < -0.39 is 0 Å². The Bertz CT molecular complexity index is 591. The monoisotopic (exact) mass is 323 g/mol. The van der Waals surface area contributed by atoms with Gasteiger partial charge in [0.05, 0.1) is 22.1 Å². The second-order valence-corrected chi connectivity index (χ2v) is 8.84. The van der Waals surface area contributed by atoms with Crippen LogP contribution < -0.4 is 5.32 Å². The van der Waals surface area contributed by atoms with Crippen LogP contribution in [0, 0.1) is 6.92 Å². The van der Waals surface area contributed by atoms with Crippen LogP contribution in [0.25, 0.3) is 0 Å². The van der Waals surface area contributed by atoms with Crippen molar-refractivity contribution in [3.63, 3.8) is 0 Å². The molecule has 0 aliphatic rings. The van der Waals surface area contributed by atoms with E-state index >= 15 is 0 Å². The van der Waals surface area contributed by atoms with Gasteiger partial charge in [0, 0.05) is 34.0 Å². The van der Waals surface area contributed by atoms with Gasteiger partial charge in [-0.3, -0.25) is 0 Å². The van der Waals surface area contributed by atoms with Gasteiger partial charge in [-0.2, -0.15) is 0 Å². The number of hydrogen-bond acceptors (Lipinski definition) is 5. The number of nitrogens with one attached hydrogen (secondary N) is 1. The molecule has 2 aromatic heterocycles. The third kappa shape index (κ3) is 4.59. The van der Waals surface area contributed by atoms with E-state index in [-0.39, 0.29) is 5.41 Å². The van der Waals surface area contributed by atoms with E-state index in [4.69, 9.17) is 4.98 Å². The second-order valence-electron chi connectivity index (χ2n) is 6.72.